The van der Waals surface area contributed by atoms with Gasteiger partial charge >= 0.3 is 0 Å². The zero-order valence-electron chi connectivity index (χ0n) is 55.2. The predicted octanol–water partition coefficient (Wildman–Crippen LogP) is 15.8. The number of morpholine rings is 2. The number of carbonyl (C=O) groups excluding carboxylic acids is 1. The van der Waals surface area contributed by atoms with E-state index in [1.807, 2.05) is 123 Å². The van der Waals surface area contributed by atoms with E-state index in [9.17, 15) is 22.4 Å². The Kier molecular flexibility index (Phi) is 28.4. The fourth-order valence-corrected chi connectivity index (χ4v) is 12.9. The number of anilines is 6. The molecule has 13 rings (SSSR count). The van der Waals surface area contributed by atoms with E-state index in [2.05, 4.69) is 132 Å². The number of ketones is 1. The van der Waals surface area contributed by atoms with Crippen LogP contribution in [0.1, 0.15) is 116 Å². The molecule has 8 N–H and O–H groups in total. The van der Waals surface area contributed by atoms with Crippen LogP contribution < -0.4 is 32.3 Å². The molecule has 3 saturated heterocycles. The van der Waals surface area contributed by atoms with Gasteiger partial charge in [0.2, 0.25) is 11.8 Å². The molecule has 4 aromatic carbocycles. The summed E-state index contributed by atoms with van der Waals surface area (Å²) in [7, 11) is 0. The third kappa shape index (κ3) is 24.8. The molecule has 4 aromatic heterocycles. The molecule has 0 amide bonds. The van der Waals surface area contributed by atoms with E-state index < -0.39 is 11.8 Å². The molecule has 8 aromatic rings. The standard InChI is InChI=1S/C21H28F2N4O.C15H20N4O.C11H12BrN3.C6H5Br2N.C6H8F2O.C5H8N2.C5H10O/c1-15-11-16(2)27(25-15)20-13-18(24-17-3-5-21(22,23)6-4-17)12-19(14-20)26-7-9-28-10-8-26;1-11-7-12(2)19(17-11)15-9-13(16)8-14(10-15)18-3-5-20-6-4-18;1-7-3-8(2)15(14-7)11-5-9(12)4-10(13)6-11;7-4-1-5(8)3-6(9)2-4;7-6(8)3-1-5(9)2-4-6;1-4-3-5(2)7-6-4;1-2-4-6-5-3-1/h11-14,17,24H,3-10H2,1-2H3;7-10H,3-6,16H2,1-2H3;3-6H,13H2,1-2H3;1-3H,9H2;1-4H2;3H,1-2H3,(H,6,7);1-5H2. The van der Waals surface area contributed by atoms with Crippen LogP contribution in [0.5, 0.6) is 0 Å². The van der Waals surface area contributed by atoms with Crippen molar-refractivity contribution in [2.75, 3.05) is 98.1 Å². The Morgan fingerprint density at radius 3 is 1.21 bits per heavy atom. The lowest BCUT2D eigenvalue weighted by Crippen LogP contribution is -2.36. The van der Waals surface area contributed by atoms with Crippen molar-refractivity contribution in [2.45, 2.75) is 144 Å². The van der Waals surface area contributed by atoms with Crippen LogP contribution >= 0.6 is 47.8 Å². The minimum Gasteiger partial charge on any atom is -0.399 e. The Morgan fingerprint density at radius 1 is 0.468 bits per heavy atom. The highest BCUT2D eigenvalue weighted by Crippen LogP contribution is 2.36. The van der Waals surface area contributed by atoms with Gasteiger partial charge in [-0.2, -0.15) is 20.4 Å². The van der Waals surface area contributed by atoms with Crippen molar-refractivity contribution in [3.05, 3.63) is 156 Å². The first-order chi connectivity index (χ1) is 44.7. The molecule has 510 valence electrons. The molecular formula is C69H91Br3F4N14O4. The summed E-state index contributed by atoms with van der Waals surface area (Å²) in [6.07, 6.45) is 4.46. The molecule has 0 bridgehead atoms. The van der Waals surface area contributed by atoms with Gasteiger partial charge in [-0.05, 0) is 185 Å². The van der Waals surface area contributed by atoms with Gasteiger partial charge in [-0.1, -0.05) is 47.8 Å². The highest BCUT2D eigenvalue weighted by atomic mass is 79.9. The van der Waals surface area contributed by atoms with Gasteiger partial charge in [0.15, 0.2) is 0 Å². The smallest absolute Gasteiger partial charge is 0.249 e. The van der Waals surface area contributed by atoms with Crippen LogP contribution in [0.4, 0.5) is 51.7 Å². The highest BCUT2D eigenvalue weighted by Gasteiger charge is 2.35. The number of ether oxygens (including phenoxy) is 3. The normalized spacial score (nSPS) is 16.7. The minimum atomic E-state index is -2.56. The van der Waals surface area contributed by atoms with Gasteiger partial charge in [0.1, 0.15) is 5.78 Å². The third-order valence-electron chi connectivity index (χ3n) is 15.7. The maximum absolute atomic E-state index is 13.5. The second kappa shape index (κ2) is 35.8. The fourth-order valence-electron chi connectivity index (χ4n) is 11.1. The molecule has 0 atom stereocenters. The number of hydrogen-bond acceptors (Lipinski definition) is 14. The van der Waals surface area contributed by atoms with E-state index in [4.69, 9.17) is 31.4 Å². The Labute approximate surface area is 575 Å². The van der Waals surface area contributed by atoms with Crippen molar-refractivity contribution >= 4 is 87.7 Å². The predicted molar refractivity (Wildman–Crippen MR) is 380 cm³/mol. The van der Waals surface area contributed by atoms with Crippen LogP contribution in [-0.4, -0.2) is 129 Å². The van der Waals surface area contributed by atoms with Crippen LogP contribution in [0.25, 0.3) is 17.1 Å². The van der Waals surface area contributed by atoms with Crippen LogP contribution in [-0.2, 0) is 19.0 Å². The molecule has 2 saturated carbocycles. The van der Waals surface area contributed by atoms with Crippen LogP contribution in [0.2, 0.25) is 0 Å². The van der Waals surface area contributed by atoms with Gasteiger partial charge in [-0.3, -0.25) is 9.89 Å². The second-order valence-corrected chi connectivity index (χ2v) is 27.0. The molecule has 25 heteroatoms. The number of benzene rings is 4. The quantitative estimate of drug-likeness (QED) is 0.0740. The molecule has 3 aliphatic heterocycles. The van der Waals surface area contributed by atoms with Gasteiger partial charge in [0.05, 0.1) is 66.3 Å². The number of H-pyrrole nitrogens is 1. The summed E-state index contributed by atoms with van der Waals surface area (Å²) in [6.45, 7) is 24.5. The fraction of sp³-hybridized carbons (Fsp3) is 0.464. The van der Waals surface area contributed by atoms with Crippen LogP contribution in [0, 0.1) is 55.4 Å². The summed E-state index contributed by atoms with van der Waals surface area (Å²) >= 11 is 10.0. The van der Waals surface area contributed by atoms with E-state index in [0.29, 0.717) is 26.1 Å². The maximum Gasteiger partial charge on any atom is 0.249 e. The number of alkyl halides is 4. The number of carbonyl (C=O) groups is 1. The van der Waals surface area contributed by atoms with Gasteiger partial charge in [-0.25, -0.2) is 31.6 Å². The Bertz CT molecular complexity index is 3570. The van der Waals surface area contributed by atoms with E-state index in [1.54, 1.807) is 0 Å². The second-order valence-electron chi connectivity index (χ2n) is 24.2. The summed E-state index contributed by atoms with van der Waals surface area (Å²) in [6, 6.07) is 32.1. The number of rotatable bonds is 7. The average Bonchev–Trinajstić information content (AvgIpc) is 1.79. The van der Waals surface area contributed by atoms with E-state index >= 15 is 0 Å². The van der Waals surface area contributed by atoms with E-state index in [0.717, 1.165) is 163 Å². The molecule has 2 aliphatic carbocycles. The maximum atomic E-state index is 13.5. The molecule has 7 heterocycles. The number of aryl methyl sites for hydroxylation is 8. The van der Waals surface area contributed by atoms with Crippen molar-refractivity contribution in [1.82, 2.24) is 39.5 Å². The summed E-state index contributed by atoms with van der Waals surface area (Å²) in [4.78, 5) is 15.0. The number of nitrogens with one attached hydrogen (secondary N) is 2. The molecular weight excluding hydrogens is 1400 g/mol. The molecule has 0 spiro atoms. The largest absolute Gasteiger partial charge is 0.399 e. The van der Waals surface area contributed by atoms with Crippen molar-refractivity contribution in [2.24, 2.45) is 0 Å². The van der Waals surface area contributed by atoms with E-state index in [1.165, 1.54) is 19.3 Å². The number of aromatic nitrogens is 8. The zero-order valence-corrected chi connectivity index (χ0v) is 60.0. The zero-order chi connectivity index (χ0) is 68.1. The Morgan fingerprint density at radius 2 is 0.851 bits per heavy atom. The first-order valence-corrected chi connectivity index (χ1v) is 34.2. The van der Waals surface area contributed by atoms with Gasteiger partial charge < -0.3 is 46.5 Å². The lowest BCUT2D eigenvalue weighted by Gasteiger charge is -2.32. The lowest BCUT2D eigenvalue weighted by molar-refractivity contribution is -0.128. The molecule has 94 heavy (non-hydrogen) atoms. The van der Waals surface area contributed by atoms with Crippen molar-refractivity contribution in [3.8, 4) is 17.1 Å². The average molecular weight is 1500 g/mol. The molecule has 5 aliphatic rings. The minimum absolute atomic E-state index is 0.0269. The highest BCUT2D eigenvalue weighted by molar-refractivity contribution is 9.11. The lowest BCUT2D eigenvalue weighted by atomic mass is 9.92. The first kappa shape index (κ1) is 74.6. The topological polar surface area (TPSA) is 223 Å². The van der Waals surface area contributed by atoms with Crippen LogP contribution in [0.15, 0.2) is 110 Å². The van der Waals surface area contributed by atoms with Crippen molar-refractivity contribution in [1.29, 1.82) is 0 Å². The van der Waals surface area contributed by atoms with Crippen LogP contribution in [0.3, 0.4) is 0 Å². The molecule has 0 radical (unpaired) electrons. The number of nitrogen functional groups attached to an aromatic ring is 3. The monoisotopic (exact) mass is 1490 g/mol. The van der Waals surface area contributed by atoms with Gasteiger partial charge in [-0.15, -0.1) is 0 Å². The summed E-state index contributed by atoms with van der Waals surface area (Å²) in [5.74, 6) is -5.10. The van der Waals surface area contributed by atoms with Gasteiger partial charge in [0.25, 0.3) is 0 Å². The first-order valence-electron chi connectivity index (χ1n) is 31.9. The number of aromatic amines is 1. The Balaban J connectivity index is 0.000000166. The van der Waals surface area contributed by atoms with Crippen molar-refractivity contribution < 1.29 is 36.6 Å². The number of nitrogens with two attached hydrogens (primary N) is 3. The molecule has 5 fully saturated rings. The number of halogens is 7. The number of hydrogen-bond donors (Lipinski definition) is 5. The van der Waals surface area contributed by atoms with Crippen molar-refractivity contribution in [3.63, 3.8) is 0 Å². The Hall–Kier alpha value is -6.77. The third-order valence-corrected chi connectivity index (χ3v) is 17.0. The molecule has 18 nitrogen and oxygen atoms in total. The summed E-state index contributed by atoms with van der Waals surface area (Å²) in [5.41, 5.74) is 34.2. The van der Waals surface area contributed by atoms with E-state index in [-0.39, 0.29) is 50.4 Å². The molecule has 0 unspecified atom stereocenters. The van der Waals surface area contributed by atoms with Gasteiger partial charge in [0, 0.05) is 154 Å². The number of Topliss-reactive ketones (excluding diaryl/α,β-unsaturated/α-hetero) is 1. The summed E-state index contributed by atoms with van der Waals surface area (Å²) < 4.78 is 76.1. The number of nitrogens with zero attached hydrogens (tertiary/aromatic N) is 9. The summed E-state index contributed by atoms with van der Waals surface area (Å²) in [5, 5.41) is 23.8. The SMILES string of the molecule is C1CCOCC1.Cc1cc(C)[nH]n1.Cc1cc(C)n(-c2cc(N)cc(Br)c2)n1.Cc1cc(C)n(-c2cc(N)cc(N3CCOCC3)c2)n1.Cc1cc(C)n(-c2cc(NC3CCC(F)(F)CC3)cc(N3CCOCC3)c2)n1.Nc1cc(Br)cc(Br)c1.O=C1CCC(F)(F)CC1.